The molecule has 0 aliphatic heterocycles. The molecule has 0 aliphatic rings. The average Bonchev–Trinajstić information content (AvgIpc) is 2.93. The minimum atomic E-state index is -3.83. The highest BCUT2D eigenvalue weighted by molar-refractivity contribution is 8.00. The van der Waals surface area contributed by atoms with E-state index in [0.717, 1.165) is 10.5 Å². The molecule has 8 nitrogen and oxygen atoms in total. The lowest BCUT2D eigenvalue weighted by Gasteiger charge is -2.17. The highest BCUT2D eigenvalue weighted by atomic mass is 32.2. The van der Waals surface area contributed by atoms with Crippen molar-refractivity contribution in [1.82, 2.24) is 0 Å². The maximum atomic E-state index is 13.3. The zero-order chi connectivity index (χ0) is 27.1. The van der Waals surface area contributed by atoms with Gasteiger partial charge in [-0.1, -0.05) is 36.4 Å². The Morgan fingerprint density at radius 3 is 2.08 bits per heavy atom. The molecule has 4 aromatic rings. The normalized spacial score (nSPS) is 11.8. The third-order valence-corrected chi connectivity index (χ3v) is 7.68. The molecule has 10 heteroatoms. The van der Waals surface area contributed by atoms with Crippen molar-refractivity contribution in [3.63, 3.8) is 0 Å². The molecule has 0 saturated carbocycles. The van der Waals surface area contributed by atoms with E-state index in [9.17, 15) is 18.0 Å². The van der Waals surface area contributed by atoms with E-state index in [2.05, 4.69) is 10.6 Å². The summed E-state index contributed by atoms with van der Waals surface area (Å²) in [4.78, 5) is 26.7. The molecule has 0 heterocycles. The van der Waals surface area contributed by atoms with Crippen molar-refractivity contribution in [2.75, 3.05) is 17.7 Å². The monoisotopic (exact) mass is 547 g/mol. The zero-order valence-electron chi connectivity index (χ0n) is 20.3. The maximum Gasteiger partial charge on any atom is 0.255 e. The Morgan fingerprint density at radius 2 is 1.45 bits per heavy atom. The van der Waals surface area contributed by atoms with Crippen LogP contribution in [-0.2, 0) is 14.8 Å². The van der Waals surface area contributed by atoms with Gasteiger partial charge < -0.3 is 15.4 Å². The van der Waals surface area contributed by atoms with Gasteiger partial charge in [0.15, 0.2) is 0 Å². The number of ether oxygens (including phenoxy) is 1. The molecule has 2 amide bonds. The standard InChI is InChI=1S/C28H25N3O5S2/c1-36-23-9-5-8-20(18-23)27(32)30-21-10-14-24(15-11-21)37-26(19-6-3-2-4-7-19)28(33)31-22-12-16-25(17-13-22)38(29,34)35/h2-18,26H,1H3,(H,30,32)(H,31,33)(H2,29,34,35). The van der Waals surface area contributed by atoms with Crippen LogP contribution in [0.15, 0.2) is 113 Å². The van der Waals surface area contributed by atoms with Crippen LogP contribution in [0.3, 0.4) is 0 Å². The van der Waals surface area contributed by atoms with Gasteiger partial charge in [-0.15, -0.1) is 11.8 Å². The van der Waals surface area contributed by atoms with Crippen LogP contribution in [0, 0.1) is 0 Å². The Bertz CT molecular complexity index is 1530. The molecule has 0 radical (unpaired) electrons. The molecule has 194 valence electrons. The summed E-state index contributed by atoms with van der Waals surface area (Å²) in [7, 11) is -2.28. The Morgan fingerprint density at radius 1 is 0.816 bits per heavy atom. The molecular formula is C28H25N3O5S2. The number of carbonyl (C=O) groups excluding carboxylic acids is 2. The smallest absolute Gasteiger partial charge is 0.255 e. The molecule has 1 atom stereocenters. The predicted octanol–water partition coefficient (Wildman–Crippen LogP) is 5.07. The van der Waals surface area contributed by atoms with E-state index in [-0.39, 0.29) is 16.7 Å². The summed E-state index contributed by atoms with van der Waals surface area (Å²) in [6.45, 7) is 0. The summed E-state index contributed by atoms with van der Waals surface area (Å²) in [5.41, 5.74) is 2.32. The lowest BCUT2D eigenvalue weighted by molar-refractivity contribution is -0.115. The van der Waals surface area contributed by atoms with Gasteiger partial charge >= 0.3 is 0 Å². The second-order valence-corrected chi connectivity index (χ2v) is 10.9. The number of methoxy groups -OCH3 is 1. The molecule has 4 aromatic carbocycles. The number of nitrogens with two attached hydrogens (primary N) is 1. The summed E-state index contributed by atoms with van der Waals surface area (Å²) >= 11 is 1.35. The van der Waals surface area contributed by atoms with Crippen molar-refractivity contribution >= 4 is 45.0 Å². The molecule has 1 unspecified atom stereocenters. The summed E-state index contributed by atoms with van der Waals surface area (Å²) in [5.74, 6) is 0.0502. The van der Waals surface area contributed by atoms with E-state index in [1.807, 2.05) is 42.5 Å². The number of hydrogen-bond donors (Lipinski definition) is 3. The van der Waals surface area contributed by atoms with Gasteiger partial charge in [0, 0.05) is 21.8 Å². The van der Waals surface area contributed by atoms with Gasteiger partial charge in [0.05, 0.1) is 12.0 Å². The van der Waals surface area contributed by atoms with Crippen molar-refractivity contribution in [2.24, 2.45) is 5.14 Å². The molecule has 0 aliphatic carbocycles. The van der Waals surface area contributed by atoms with Gasteiger partial charge in [-0.2, -0.15) is 0 Å². The SMILES string of the molecule is COc1cccc(C(=O)Nc2ccc(SC(C(=O)Nc3ccc(S(N)(=O)=O)cc3)c3ccccc3)cc2)c1. The van der Waals surface area contributed by atoms with Crippen LogP contribution in [0.4, 0.5) is 11.4 Å². The fourth-order valence-corrected chi connectivity index (χ4v) is 5.10. The minimum Gasteiger partial charge on any atom is -0.497 e. The Balaban J connectivity index is 1.48. The number of hydrogen-bond acceptors (Lipinski definition) is 6. The van der Waals surface area contributed by atoms with Crippen LogP contribution >= 0.6 is 11.8 Å². The van der Waals surface area contributed by atoms with Crippen molar-refractivity contribution in [2.45, 2.75) is 15.0 Å². The highest BCUT2D eigenvalue weighted by Gasteiger charge is 2.22. The van der Waals surface area contributed by atoms with Crippen molar-refractivity contribution in [1.29, 1.82) is 0 Å². The van der Waals surface area contributed by atoms with Gasteiger partial charge in [0.2, 0.25) is 15.9 Å². The lowest BCUT2D eigenvalue weighted by atomic mass is 10.1. The molecule has 0 bridgehead atoms. The largest absolute Gasteiger partial charge is 0.497 e. The molecular weight excluding hydrogens is 522 g/mol. The van der Waals surface area contributed by atoms with Crippen LogP contribution in [0.5, 0.6) is 5.75 Å². The number of carbonyl (C=O) groups is 2. The number of nitrogens with one attached hydrogen (secondary N) is 2. The van der Waals surface area contributed by atoms with Crippen molar-refractivity contribution in [3.8, 4) is 5.75 Å². The molecule has 4 rings (SSSR count). The molecule has 0 aromatic heterocycles. The topological polar surface area (TPSA) is 128 Å². The van der Waals surface area contributed by atoms with Crippen LogP contribution in [0.1, 0.15) is 21.2 Å². The first-order valence-corrected chi connectivity index (χ1v) is 13.9. The first-order chi connectivity index (χ1) is 18.2. The van der Waals surface area contributed by atoms with E-state index in [4.69, 9.17) is 9.88 Å². The zero-order valence-corrected chi connectivity index (χ0v) is 22.0. The van der Waals surface area contributed by atoms with Crippen LogP contribution < -0.4 is 20.5 Å². The molecule has 0 spiro atoms. The third kappa shape index (κ3) is 7.00. The quantitative estimate of drug-likeness (QED) is 0.251. The number of anilines is 2. The summed E-state index contributed by atoms with van der Waals surface area (Å²) in [6.07, 6.45) is 0. The van der Waals surface area contributed by atoms with Crippen LogP contribution in [0.25, 0.3) is 0 Å². The Kier molecular flexibility index (Phi) is 8.47. The summed E-state index contributed by atoms with van der Waals surface area (Å²) < 4.78 is 28.2. The highest BCUT2D eigenvalue weighted by Crippen LogP contribution is 2.37. The third-order valence-electron chi connectivity index (χ3n) is 5.49. The first kappa shape index (κ1) is 26.9. The maximum absolute atomic E-state index is 13.3. The lowest BCUT2D eigenvalue weighted by Crippen LogP contribution is -2.19. The fraction of sp³-hybridized carbons (Fsp3) is 0.0714. The van der Waals surface area contributed by atoms with E-state index in [0.29, 0.717) is 22.7 Å². The van der Waals surface area contributed by atoms with Crippen molar-refractivity contribution in [3.05, 3.63) is 114 Å². The second kappa shape index (κ2) is 12.0. The predicted molar refractivity (Wildman–Crippen MR) is 149 cm³/mol. The Labute approximate surface area is 225 Å². The molecule has 38 heavy (non-hydrogen) atoms. The summed E-state index contributed by atoms with van der Waals surface area (Å²) in [5, 5.41) is 10.3. The van der Waals surface area contributed by atoms with Gasteiger partial charge in [-0.3, -0.25) is 9.59 Å². The van der Waals surface area contributed by atoms with Gasteiger partial charge in [-0.05, 0) is 72.3 Å². The molecule has 4 N–H and O–H groups in total. The van der Waals surface area contributed by atoms with E-state index < -0.39 is 15.3 Å². The Hall–Kier alpha value is -4.12. The number of sulfonamides is 1. The van der Waals surface area contributed by atoms with Gasteiger partial charge in [-0.25, -0.2) is 13.6 Å². The number of rotatable bonds is 9. The number of thioether (sulfide) groups is 1. The first-order valence-electron chi connectivity index (χ1n) is 11.4. The van der Waals surface area contributed by atoms with Crippen LogP contribution in [-0.4, -0.2) is 27.3 Å². The fourth-order valence-electron chi connectivity index (χ4n) is 3.56. The van der Waals surface area contributed by atoms with Crippen molar-refractivity contribution < 1.29 is 22.7 Å². The minimum absolute atomic E-state index is 0.0388. The second-order valence-electron chi connectivity index (χ2n) is 8.18. The van der Waals surface area contributed by atoms with Gasteiger partial charge in [0.25, 0.3) is 5.91 Å². The average molecular weight is 548 g/mol. The molecule has 0 saturated heterocycles. The van der Waals surface area contributed by atoms with E-state index in [1.165, 1.54) is 36.0 Å². The number of primary sulfonamides is 1. The molecule has 0 fully saturated rings. The van der Waals surface area contributed by atoms with E-state index >= 15 is 0 Å². The van der Waals surface area contributed by atoms with Crippen LogP contribution in [0.2, 0.25) is 0 Å². The number of amides is 2. The number of benzene rings is 4. The van der Waals surface area contributed by atoms with Gasteiger partial charge in [0.1, 0.15) is 11.0 Å². The van der Waals surface area contributed by atoms with E-state index in [1.54, 1.807) is 43.5 Å². The summed E-state index contributed by atoms with van der Waals surface area (Å²) in [6, 6.07) is 29.0.